The van der Waals surface area contributed by atoms with Crippen LogP contribution < -0.4 is 0 Å². The van der Waals surface area contributed by atoms with E-state index in [4.69, 9.17) is 16.3 Å². The van der Waals surface area contributed by atoms with Gasteiger partial charge in [0.25, 0.3) is 0 Å². The molecule has 0 amide bonds. The molecule has 0 aliphatic carbocycles. The first kappa shape index (κ1) is 8.35. The Bertz CT molecular complexity index is 91.4. The second-order valence-corrected chi connectivity index (χ2v) is 3.41. The summed E-state index contributed by atoms with van der Waals surface area (Å²) in [5, 5.41) is 0. The Morgan fingerprint density at radius 2 is 2.40 bits per heavy atom. The van der Waals surface area contributed by atoms with Crippen molar-refractivity contribution in [2.24, 2.45) is 5.41 Å². The van der Waals surface area contributed by atoms with Crippen LogP contribution in [0.25, 0.3) is 0 Å². The summed E-state index contributed by atoms with van der Waals surface area (Å²) in [4.78, 5) is 0. The van der Waals surface area contributed by atoms with Crippen molar-refractivity contribution in [3.05, 3.63) is 0 Å². The van der Waals surface area contributed by atoms with Gasteiger partial charge >= 0.3 is 0 Å². The third-order valence-corrected chi connectivity index (χ3v) is 3.00. The molecule has 1 aliphatic heterocycles. The topological polar surface area (TPSA) is 9.23 Å². The lowest BCUT2D eigenvalue weighted by Gasteiger charge is -2.34. The van der Waals surface area contributed by atoms with Gasteiger partial charge in [-0.05, 0) is 19.3 Å². The van der Waals surface area contributed by atoms with Crippen molar-refractivity contribution in [2.45, 2.75) is 26.2 Å². The molecule has 0 aromatic rings. The standard InChI is InChI=1S/C8H15ClO/c1-2-8(6-9)4-3-5-10-7-8/h2-7H2,1H3. The average molecular weight is 163 g/mol. The SMILES string of the molecule is CCC1(CCl)CCCOC1. The van der Waals surface area contributed by atoms with Crippen LogP contribution in [0, 0.1) is 5.41 Å². The molecular formula is C8H15ClO. The highest BCUT2D eigenvalue weighted by Gasteiger charge is 2.29. The fourth-order valence-corrected chi connectivity index (χ4v) is 1.79. The molecule has 1 atom stereocenters. The zero-order chi connectivity index (χ0) is 7.45. The number of hydrogen-bond donors (Lipinski definition) is 0. The zero-order valence-corrected chi connectivity index (χ0v) is 7.28. The summed E-state index contributed by atoms with van der Waals surface area (Å²) < 4.78 is 5.38. The monoisotopic (exact) mass is 162 g/mol. The summed E-state index contributed by atoms with van der Waals surface area (Å²) in [6.07, 6.45) is 3.57. The van der Waals surface area contributed by atoms with E-state index in [1.54, 1.807) is 0 Å². The third kappa shape index (κ3) is 1.64. The summed E-state index contributed by atoms with van der Waals surface area (Å²) in [7, 11) is 0. The van der Waals surface area contributed by atoms with Gasteiger partial charge in [0.15, 0.2) is 0 Å². The summed E-state index contributed by atoms with van der Waals surface area (Å²) in [5.74, 6) is 0.753. The lowest BCUT2D eigenvalue weighted by Crippen LogP contribution is -2.32. The van der Waals surface area contributed by atoms with Gasteiger partial charge in [0.1, 0.15) is 0 Å². The van der Waals surface area contributed by atoms with Crippen LogP contribution in [0.1, 0.15) is 26.2 Å². The fraction of sp³-hybridized carbons (Fsp3) is 1.00. The molecule has 1 rings (SSSR count). The van der Waals surface area contributed by atoms with Gasteiger partial charge in [0.05, 0.1) is 6.61 Å². The van der Waals surface area contributed by atoms with E-state index >= 15 is 0 Å². The van der Waals surface area contributed by atoms with Gasteiger partial charge in [-0.25, -0.2) is 0 Å². The quantitative estimate of drug-likeness (QED) is 0.567. The minimum Gasteiger partial charge on any atom is -0.381 e. The maximum Gasteiger partial charge on any atom is 0.0533 e. The molecule has 1 heterocycles. The highest BCUT2D eigenvalue weighted by molar-refractivity contribution is 6.18. The van der Waals surface area contributed by atoms with Gasteiger partial charge in [-0.2, -0.15) is 0 Å². The molecule has 1 aliphatic rings. The summed E-state index contributed by atoms with van der Waals surface area (Å²) in [6.45, 7) is 3.99. The van der Waals surface area contributed by atoms with E-state index in [0.29, 0.717) is 5.41 Å². The van der Waals surface area contributed by atoms with Crippen molar-refractivity contribution in [1.82, 2.24) is 0 Å². The van der Waals surface area contributed by atoms with E-state index in [0.717, 1.165) is 25.5 Å². The first-order chi connectivity index (χ1) is 4.83. The molecular weight excluding hydrogens is 148 g/mol. The minimum atomic E-state index is 0.305. The van der Waals surface area contributed by atoms with Gasteiger partial charge in [0, 0.05) is 17.9 Å². The fourth-order valence-electron chi connectivity index (χ4n) is 1.39. The summed E-state index contributed by atoms with van der Waals surface area (Å²) in [6, 6.07) is 0. The third-order valence-electron chi connectivity index (χ3n) is 2.44. The first-order valence-corrected chi connectivity index (χ1v) is 4.50. The summed E-state index contributed by atoms with van der Waals surface area (Å²) >= 11 is 5.86. The van der Waals surface area contributed by atoms with Crippen molar-refractivity contribution in [1.29, 1.82) is 0 Å². The Labute approximate surface area is 67.7 Å². The van der Waals surface area contributed by atoms with Gasteiger partial charge in [-0.1, -0.05) is 6.92 Å². The van der Waals surface area contributed by atoms with Gasteiger partial charge in [0.2, 0.25) is 0 Å². The van der Waals surface area contributed by atoms with Crippen LogP contribution in [-0.4, -0.2) is 19.1 Å². The van der Waals surface area contributed by atoms with Crippen LogP contribution in [0.4, 0.5) is 0 Å². The second kappa shape index (κ2) is 3.59. The van der Waals surface area contributed by atoms with Crippen LogP contribution in [0.3, 0.4) is 0 Å². The van der Waals surface area contributed by atoms with Crippen LogP contribution in [0.2, 0.25) is 0 Å². The van der Waals surface area contributed by atoms with Gasteiger partial charge in [-0.15, -0.1) is 11.6 Å². The van der Waals surface area contributed by atoms with Gasteiger partial charge < -0.3 is 4.74 Å². The predicted molar refractivity (Wildman–Crippen MR) is 43.5 cm³/mol. The molecule has 0 spiro atoms. The zero-order valence-electron chi connectivity index (χ0n) is 6.53. The average Bonchev–Trinajstić information content (AvgIpc) is 2.06. The van der Waals surface area contributed by atoms with Crippen LogP contribution in [-0.2, 0) is 4.74 Å². The summed E-state index contributed by atoms with van der Waals surface area (Å²) in [5.41, 5.74) is 0.305. The van der Waals surface area contributed by atoms with Crippen molar-refractivity contribution in [3.8, 4) is 0 Å². The second-order valence-electron chi connectivity index (χ2n) is 3.14. The number of hydrogen-bond acceptors (Lipinski definition) is 1. The Balaban J connectivity index is 2.44. The van der Waals surface area contributed by atoms with Crippen molar-refractivity contribution in [2.75, 3.05) is 19.1 Å². The van der Waals surface area contributed by atoms with E-state index in [2.05, 4.69) is 6.92 Å². The van der Waals surface area contributed by atoms with Crippen molar-refractivity contribution >= 4 is 11.6 Å². The molecule has 1 fully saturated rings. The van der Waals surface area contributed by atoms with E-state index in [-0.39, 0.29) is 0 Å². The molecule has 10 heavy (non-hydrogen) atoms. The normalized spacial score (nSPS) is 34.2. The van der Waals surface area contributed by atoms with E-state index in [1.165, 1.54) is 12.8 Å². The molecule has 0 bridgehead atoms. The molecule has 1 unspecified atom stereocenters. The predicted octanol–water partition coefficient (Wildman–Crippen LogP) is 2.43. The van der Waals surface area contributed by atoms with Crippen LogP contribution in [0.5, 0.6) is 0 Å². The van der Waals surface area contributed by atoms with Gasteiger partial charge in [-0.3, -0.25) is 0 Å². The smallest absolute Gasteiger partial charge is 0.0533 e. The Morgan fingerprint density at radius 3 is 2.70 bits per heavy atom. The van der Waals surface area contributed by atoms with E-state index in [1.807, 2.05) is 0 Å². The van der Waals surface area contributed by atoms with E-state index in [9.17, 15) is 0 Å². The molecule has 2 heteroatoms. The highest BCUT2D eigenvalue weighted by atomic mass is 35.5. The number of ether oxygens (including phenoxy) is 1. The maximum atomic E-state index is 5.86. The lowest BCUT2D eigenvalue weighted by molar-refractivity contribution is 0.00265. The molecule has 0 saturated carbocycles. The lowest BCUT2D eigenvalue weighted by atomic mass is 9.82. The Kier molecular flexibility index (Phi) is 2.99. The number of alkyl halides is 1. The molecule has 0 aromatic carbocycles. The van der Waals surface area contributed by atoms with E-state index < -0.39 is 0 Å². The minimum absolute atomic E-state index is 0.305. The van der Waals surface area contributed by atoms with Crippen molar-refractivity contribution in [3.63, 3.8) is 0 Å². The maximum absolute atomic E-state index is 5.86. The molecule has 0 N–H and O–H groups in total. The number of rotatable bonds is 2. The highest BCUT2D eigenvalue weighted by Crippen LogP contribution is 2.32. The van der Waals surface area contributed by atoms with Crippen LogP contribution >= 0.6 is 11.6 Å². The molecule has 60 valence electrons. The molecule has 0 radical (unpaired) electrons. The Morgan fingerprint density at radius 1 is 1.60 bits per heavy atom. The first-order valence-electron chi connectivity index (χ1n) is 3.97. The molecule has 1 saturated heterocycles. The van der Waals surface area contributed by atoms with Crippen molar-refractivity contribution < 1.29 is 4.74 Å². The largest absolute Gasteiger partial charge is 0.381 e. The molecule has 0 aromatic heterocycles. The number of halogens is 1. The Hall–Kier alpha value is 0.250. The van der Waals surface area contributed by atoms with Crippen LogP contribution in [0.15, 0.2) is 0 Å². The molecule has 1 nitrogen and oxygen atoms in total.